The number of nitrogens with one attached hydrogen (secondary N) is 1. The van der Waals surface area contributed by atoms with Crippen molar-refractivity contribution in [2.45, 2.75) is 57.9 Å². The lowest BCUT2D eigenvalue weighted by molar-refractivity contribution is 0.138. The molecule has 0 bridgehead atoms. The minimum atomic E-state index is 0.864. The SMILES string of the molecule is CCCCCN1CCCCC1CCNC. The summed E-state index contributed by atoms with van der Waals surface area (Å²) in [5, 5.41) is 3.28. The molecule has 1 aliphatic rings. The highest BCUT2D eigenvalue weighted by Gasteiger charge is 2.20. The zero-order valence-corrected chi connectivity index (χ0v) is 10.6. The zero-order valence-electron chi connectivity index (χ0n) is 10.6. The first-order valence-electron chi connectivity index (χ1n) is 6.77. The number of piperidine rings is 1. The van der Waals surface area contributed by atoms with Crippen molar-refractivity contribution in [2.75, 3.05) is 26.7 Å². The predicted octanol–water partition coefficient (Wildman–Crippen LogP) is 2.64. The number of nitrogens with zero attached hydrogens (tertiary/aromatic N) is 1. The van der Waals surface area contributed by atoms with Gasteiger partial charge in [-0.05, 0) is 52.4 Å². The quantitative estimate of drug-likeness (QED) is 0.653. The lowest BCUT2D eigenvalue weighted by Crippen LogP contribution is -2.41. The second kappa shape index (κ2) is 8.12. The van der Waals surface area contributed by atoms with Gasteiger partial charge in [-0.3, -0.25) is 0 Å². The lowest BCUT2D eigenvalue weighted by Gasteiger charge is -2.35. The van der Waals surface area contributed by atoms with Crippen LogP contribution in [0, 0.1) is 0 Å². The van der Waals surface area contributed by atoms with Gasteiger partial charge in [-0.25, -0.2) is 0 Å². The number of hydrogen-bond acceptors (Lipinski definition) is 2. The molecule has 0 aromatic rings. The number of unbranched alkanes of at least 4 members (excludes halogenated alkanes) is 2. The Morgan fingerprint density at radius 1 is 1.27 bits per heavy atom. The Balaban J connectivity index is 2.22. The molecular formula is C13H28N2. The smallest absolute Gasteiger partial charge is 0.0107 e. The fraction of sp³-hybridized carbons (Fsp3) is 1.00. The highest BCUT2D eigenvalue weighted by molar-refractivity contribution is 4.77. The third-order valence-corrected chi connectivity index (χ3v) is 3.53. The molecule has 0 amide bonds. The zero-order chi connectivity index (χ0) is 10.9. The molecule has 1 N–H and O–H groups in total. The van der Waals surface area contributed by atoms with Crippen LogP contribution in [0.4, 0.5) is 0 Å². The maximum atomic E-state index is 3.28. The second-order valence-corrected chi connectivity index (χ2v) is 4.78. The van der Waals surface area contributed by atoms with E-state index in [-0.39, 0.29) is 0 Å². The first-order chi connectivity index (χ1) is 7.38. The van der Waals surface area contributed by atoms with Gasteiger partial charge in [-0.15, -0.1) is 0 Å². The molecule has 1 aliphatic heterocycles. The van der Waals surface area contributed by atoms with Crippen molar-refractivity contribution in [3.63, 3.8) is 0 Å². The molecule has 1 fully saturated rings. The van der Waals surface area contributed by atoms with E-state index in [4.69, 9.17) is 0 Å². The summed E-state index contributed by atoms with van der Waals surface area (Å²) < 4.78 is 0. The molecule has 1 atom stereocenters. The number of hydrogen-bond donors (Lipinski definition) is 1. The molecule has 90 valence electrons. The van der Waals surface area contributed by atoms with Gasteiger partial charge < -0.3 is 10.2 Å². The van der Waals surface area contributed by atoms with E-state index in [1.807, 2.05) is 0 Å². The van der Waals surface area contributed by atoms with E-state index >= 15 is 0 Å². The van der Waals surface area contributed by atoms with E-state index in [9.17, 15) is 0 Å². The van der Waals surface area contributed by atoms with Crippen molar-refractivity contribution in [1.82, 2.24) is 10.2 Å². The van der Waals surface area contributed by atoms with Crippen molar-refractivity contribution >= 4 is 0 Å². The Kier molecular flexibility index (Phi) is 7.03. The van der Waals surface area contributed by atoms with Gasteiger partial charge in [0, 0.05) is 6.04 Å². The predicted molar refractivity (Wildman–Crippen MR) is 67.3 cm³/mol. The van der Waals surface area contributed by atoms with Crippen LogP contribution in [0.3, 0.4) is 0 Å². The number of rotatable bonds is 7. The molecule has 2 heteroatoms. The third-order valence-electron chi connectivity index (χ3n) is 3.53. The van der Waals surface area contributed by atoms with E-state index in [1.54, 1.807) is 0 Å². The summed E-state index contributed by atoms with van der Waals surface area (Å²) >= 11 is 0. The average Bonchev–Trinajstić information content (AvgIpc) is 2.28. The first-order valence-corrected chi connectivity index (χ1v) is 6.77. The molecule has 0 aromatic heterocycles. The Morgan fingerprint density at radius 3 is 2.87 bits per heavy atom. The highest BCUT2D eigenvalue weighted by Crippen LogP contribution is 2.19. The summed E-state index contributed by atoms with van der Waals surface area (Å²) in [5.41, 5.74) is 0. The van der Waals surface area contributed by atoms with Crippen molar-refractivity contribution in [1.29, 1.82) is 0 Å². The van der Waals surface area contributed by atoms with Gasteiger partial charge in [0.15, 0.2) is 0 Å². The first kappa shape index (κ1) is 13.0. The van der Waals surface area contributed by atoms with Crippen molar-refractivity contribution in [2.24, 2.45) is 0 Å². The van der Waals surface area contributed by atoms with Crippen molar-refractivity contribution in [3.8, 4) is 0 Å². The van der Waals surface area contributed by atoms with Gasteiger partial charge in [0.25, 0.3) is 0 Å². The molecular weight excluding hydrogens is 184 g/mol. The maximum absolute atomic E-state index is 3.28. The molecule has 15 heavy (non-hydrogen) atoms. The minimum Gasteiger partial charge on any atom is -0.320 e. The Bertz CT molecular complexity index is 147. The van der Waals surface area contributed by atoms with Gasteiger partial charge >= 0.3 is 0 Å². The fourth-order valence-electron chi connectivity index (χ4n) is 2.56. The van der Waals surface area contributed by atoms with Crippen LogP contribution in [0.15, 0.2) is 0 Å². The van der Waals surface area contributed by atoms with Crippen LogP contribution in [0.1, 0.15) is 51.9 Å². The van der Waals surface area contributed by atoms with Crippen LogP contribution < -0.4 is 5.32 Å². The Morgan fingerprint density at radius 2 is 2.13 bits per heavy atom. The van der Waals surface area contributed by atoms with Gasteiger partial charge in [-0.1, -0.05) is 26.2 Å². The van der Waals surface area contributed by atoms with Crippen molar-refractivity contribution in [3.05, 3.63) is 0 Å². The van der Waals surface area contributed by atoms with Crippen LogP contribution in [0.2, 0.25) is 0 Å². The summed E-state index contributed by atoms with van der Waals surface area (Å²) in [4.78, 5) is 2.73. The average molecular weight is 212 g/mol. The normalized spacial score (nSPS) is 23.2. The molecule has 1 saturated heterocycles. The summed E-state index contributed by atoms with van der Waals surface area (Å²) in [6.45, 7) is 6.14. The molecule has 1 unspecified atom stereocenters. The van der Waals surface area contributed by atoms with Crippen LogP contribution in [0.5, 0.6) is 0 Å². The molecule has 0 aromatic carbocycles. The van der Waals surface area contributed by atoms with E-state index in [2.05, 4.69) is 24.2 Å². The second-order valence-electron chi connectivity index (χ2n) is 4.78. The van der Waals surface area contributed by atoms with Crippen LogP contribution in [-0.2, 0) is 0 Å². The van der Waals surface area contributed by atoms with Crippen molar-refractivity contribution < 1.29 is 0 Å². The number of likely N-dealkylation sites (tertiary alicyclic amines) is 1. The van der Waals surface area contributed by atoms with E-state index in [0.29, 0.717) is 0 Å². The van der Waals surface area contributed by atoms with E-state index < -0.39 is 0 Å². The Hall–Kier alpha value is -0.0800. The van der Waals surface area contributed by atoms with E-state index in [1.165, 1.54) is 64.6 Å². The molecule has 0 spiro atoms. The van der Waals surface area contributed by atoms with Gasteiger partial charge in [-0.2, -0.15) is 0 Å². The van der Waals surface area contributed by atoms with Gasteiger partial charge in [0.1, 0.15) is 0 Å². The highest BCUT2D eigenvalue weighted by atomic mass is 15.2. The standard InChI is InChI=1S/C13H28N2/c1-3-4-6-11-15-12-7-5-8-13(15)9-10-14-2/h13-14H,3-12H2,1-2H3. The lowest BCUT2D eigenvalue weighted by atomic mass is 9.99. The van der Waals surface area contributed by atoms with Crippen LogP contribution >= 0.6 is 0 Å². The Labute approximate surface area is 95.4 Å². The van der Waals surface area contributed by atoms with E-state index in [0.717, 1.165) is 6.04 Å². The molecule has 1 heterocycles. The molecule has 0 aliphatic carbocycles. The largest absolute Gasteiger partial charge is 0.320 e. The summed E-state index contributed by atoms with van der Waals surface area (Å²) in [7, 11) is 2.06. The fourth-order valence-corrected chi connectivity index (χ4v) is 2.56. The minimum absolute atomic E-state index is 0.864. The topological polar surface area (TPSA) is 15.3 Å². The van der Waals surface area contributed by atoms with Crippen LogP contribution in [-0.4, -0.2) is 37.6 Å². The third kappa shape index (κ3) is 4.98. The van der Waals surface area contributed by atoms with Crippen LogP contribution in [0.25, 0.3) is 0 Å². The summed E-state index contributed by atoms with van der Waals surface area (Å²) in [6, 6.07) is 0.864. The molecule has 0 radical (unpaired) electrons. The molecule has 0 saturated carbocycles. The summed E-state index contributed by atoms with van der Waals surface area (Å²) in [5.74, 6) is 0. The maximum Gasteiger partial charge on any atom is 0.0107 e. The van der Waals surface area contributed by atoms with Gasteiger partial charge in [0.05, 0.1) is 0 Å². The summed E-state index contributed by atoms with van der Waals surface area (Å²) in [6.07, 6.45) is 9.76. The monoisotopic (exact) mass is 212 g/mol. The molecule has 2 nitrogen and oxygen atoms in total. The molecule has 1 rings (SSSR count). The van der Waals surface area contributed by atoms with Gasteiger partial charge in [0.2, 0.25) is 0 Å².